The van der Waals surface area contributed by atoms with Crippen molar-refractivity contribution in [2.45, 2.75) is 25.0 Å². The van der Waals surface area contributed by atoms with Crippen LogP contribution in [0.3, 0.4) is 0 Å². The van der Waals surface area contributed by atoms with Gasteiger partial charge in [0.15, 0.2) is 6.04 Å². The molecule has 0 spiro atoms. The quantitative estimate of drug-likeness (QED) is 0.388. The molecule has 4 N–H and O–H groups in total. The maximum absolute atomic E-state index is 11.5. The van der Waals surface area contributed by atoms with Gasteiger partial charge in [-0.1, -0.05) is 0 Å². The lowest BCUT2D eigenvalue weighted by Gasteiger charge is -2.21. The Balaban J connectivity index is 2.36. The molecule has 0 aromatic rings. The normalized spacial score (nSPS) is 25.4. The maximum Gasteiger partial charge on any atom is 0.332 e. The van der Waals surface area contributed by atoms with E-state index in [-0.39, 0.29) is 19.8 Å². The number of carbonyl (C=O) groups excluding carboxylic acids is 2. The number of esters is 1. The molecule has 0 radical (unpaired) electrons. The van der Waals surface area contributed by atoms with Crippen LogP contribution in [-0.2, 0) is 19.1 Å². The first-order valence-electron chi connectivity index (χ1n) is 5.48. The van der Waals surface area contributed by atoms with Crippen molar-refractivity contribution in [1.82, 2.24) is 5.32 Å². The Morgan fingerprint density at radius 1 is 1.65 bits per heavy atom. The molecule has 0 bridgehead atoms. The zero-order valence-electron chi connectivity index (χ0n) is 9.77. The van der Waals surface area contributed by atoms with Crippen molar-refractivity contribution < 1.29 is 24.2 Å². The SMILES string of the molecule is CCOC(=O)C(N)C(=O)NCC1(O)CCOC1. The molecule has 2 unspecified atom stereocenters. The largest absolute Gasteiger partial charge is 0.464 e. The predicted octanol–water partition coefficient (Wildman–Crippen LogP) is -1.86. The summed E-state index contributed by atoms with van der Waals surface area (Å²) in [5, 5.41) is 12.3. The van der Waals surface area contributed by atoms with Gasteiger partial charge in [-0.05, 0) is 6.92 Å². The fourth-order valence-electron chi connectivity index (χ4n) is 1.44. The molecule has 1 saturated heterocycles. The van der Waals surface area contributed by atoms with Crippen LogP contribution in [0.15, 0.2) is 0 Å². The van der Waals surface area contributed by atoms with Crippen molar-refractivity contribution in [2.75, 3.05) is 26.4 Å². The lowest BCUT2D eigenvalue weighted by Crippen LogP contribution is -2.51. The number of hydrogen-bond donors (Lipinski definition) is 3. The summed E-state index contributed by atoms with van der Waals surface area (Å²) in [6.45, 7) is 2.43. The summed E-state index contributed by atoms with van der Waals surface area (Å²) in [5.41, 5.74) is 4.31. The van der Waals surface area contributed by atoms with Gasteiger partial charge < -0.3 is 25.6 Å². The van der Waals surface area contributed by atoms with Gasteiger partial charge in [0.05, 0.1) is 13.2 Å². The lowest BCUT2D eigenvalue weighted by atomic mass is 10.0. The van der Waals surface area contributed by atoms with Crippen LogP contribution >= 0.6 is 0 Å². The van der Waals surface area contributed by atoms with Gasteiger partial charge in [0.25, 0.3) is 0 Å². The standard InChI is InChI=1S/C10H18N2O5/c1-2-17-9(14)7(11)8(13)12-5-10(15)3-4-16-6-10/h7,15H,2-6,11H2,1H3,(H,12,13). The van der Waals surface area contributed by atoms with E-state index in [4.69, 9.17) is 10.5 Å². The minimum atomic E-state index is -1.36. The second-order valence-corrected chi connectivity index (χ2v) is 3.97. The molecule has 1 rings (SSSR count). The highest BCUT2D eigenvalue weighted by atomic mass is 16.5. The zero-order valence-corrected chi connectivity index (χ0v) is 9.77. The molecule has 2 atom stereocenters. The fourth-order valence-corrected chi connectivity index (χ4v) is 1.44. The number of carbonyl (C=O) groups is 2. The van der Waals surface area contributed by atoms with E-state index >= 15 is 0 Å². The molecular formula is C10H18N2O5. The van der Waals surface area contributed by atoms with Crippen LogP contribution in [0.25, 0.3) is 0 Å². The smallest absolute Gasteiger partial charge is 0.332 e. The van der Waals surface area contributed by atoms with Gasteiger partial charge in [-0.25, -0.2) is 4.79 Å². The minimum absolute atomic E-state index is 0.0128. The van der Waals surface area contributed by atoms with Gasteiger partial charge >= 0.3 is 5.97 Å². The Bertz CT molecular complexity index is 288. The molecule has 98 valence electrons. The molecule has 0 saturated carbocycles. The van der Waals surface area contributed by atoms with Crippen LogP contribution in [-0.4, -0.2) is 55.0 Å². The van der Waals surface area contributed by atoms with Crippen molar-refractivity contribution in [2.24, 2.45) is 5.73 Å². The second kappa shape index (κ2) is 5.95. The highest BCUT2D eigenvalue weighted by Gasteiger charge is 2.34. The van der Waals surface area contributed by atoms with Crippen LogP contribution in [0.2, 0.25) is 0 Å². The van der Waals surface area contributed by atoms with Crippen LogP contribution < -0.4 is 11.1 Å². The van der Waals surface area contributed by atoms with Crippen LogP contribution in [0, 0.1) is 0 Å². The van der Waals surface area contributed by atoms with Gasteiger partial charge in [-0.2, -0.15) is 0 Å². The number of hydrogen-bond acceptors (Lipinski definition) is 6. The van der Waals surface area contributed by atoms with Gasteiger partial charge in [0, 0.05) is 19.6 Å². The molecule has 1 amide bonds. The first-order valence-corrected chi connectivity index (χ1v) is 5.48. The van der Waals surface area contributed by atoms with E-state index in [1.54, 1.807) is 6.92 Å². The Labute approximate surface area is 99.3 Å². The Morgan fingerprint density at radius 3 is 2.88 bits per heavy atom. The zero-order chi connectivity index (χ0) is 12.9. The molecular weight excluding hydrogens is 228 g/mol. The molecule has 7 heteroatoms. The van der Waals surface area contributed by atoms with E-state index in [1.807, 2.05) is 0 Å². The summed E-state index contributed by atoms with van der Waals surface area (Å²) in [7, 11) is 0. The van der Waals surface area contributed by atoms with E-state index < -0.39 is 23.5 Å². The number of amides is 1. The van der Waals surface area contributed by atoms with E-state index in [2.05, 4.69) is 10.1 Å². The number of nitrogens with one attached hydrogen (secondary N) is 1. The average molecular weight is 246 g/mol. The number of nitrogens with two attached hydrogens (primary N) is 1. The third kappa shape index (κ3) is 3.95. The maximum atomic E-state index is 11.5. The summed E-state index contributed by atoms with van der Waals surface area (Å²) in [6.07, 6.45) is 0.446. The lowest BCUT2D eigenvalue weighted by molar-refractivity contribution is -0.148. The van der Waals surface area contributed by atoms with Crippen LogP contribution in [0.4, 0.5) is 0 Å². The van der Waals surface area contributed by atoms with Crippen molar-refractivity contribution in [3.63, 3.8) is 0 Å². The van der Waals surface area contributed by atoms with Gasteiger partial charge in [0.2, 0.25) is 5.91 Å². The molecule has 1 heterocycles. The van der Waals surface area contributed by atoms with Gasteiger partial charge in [0.1, 0.15) is 5.60 Å². The van der Waals surface area contributed by atoms with Crippen molar-refractivity contribution >= 4 is 11.9 Å². The molecule has 0 aliphatic carbocycles. The fraction of sp³-hybridized carbons (Fsp3) is 0.800. The van der Waals surface area contributed by atoms with Crippen molar-refractivity contribution in [3.8, 4) is 0 Å². The number of ether oxygens (including phenoxy) is 2. The molecule has 1 fully saturated rings. The van der Waals surface area contributed by atoms with Crippen molar-refractivity contribution in [3.05, 3.63) is 0 Å². The average Bonchev–Trinajstić information content (AvgIpc) is 2.73. The van der Waals surface area contributed by atoms with Crippen molar-refractivity contribution in [1.29, 1.82) is 0 Å². The molecule has 7 nitrogen and oxygen atoms in total. The topological polar surface area (TPSA) is 111 Å². The second-order valence-electron chi connectivity index (χ2n) is 3.97. The van der Waals surface area contributed by atoms with Crippen LogP contribution in [0.1, 0.15) is 13.3 Å². The number of rotatable bonds is 5. The van der Waals surface area contributed by atoms with Crippen LogP contribution in [0.5, 0.6) is 0 Å². The summed E-state index contributed by atoms with van der Waals surface area (Å²) in [4.78, 5) is 22.6. The molecule has 1 aliphatic rings. The van der Waals surface area contributed by atoms with Gasteiger partial charge in [-0.15, -0.1) is 0 Å². The molecule has 1 aliphatic heterocycles. The van der Waals surface area contributed by atoms with E-state index in [0.717, 1.165) is 0 Å². The summed E-state index contributed by atoms with van der Waals surface area (Å²) in [5.74, 6) is -1.44. The third-order valence-electron chi connectivity index (χ3n) is 2.50. The summed E-state index contributed by atoms with van der Waals surface area (Å²) < 4.78 is 9.62. The molecule has 0 aromatic heterocycles. The summed E-state index contributed by atoms with van der Waals surface area (Å²) in [6, 6.07) is -1.36. The minimum Gasteiger partial charge on any atom is -0.464 e. The van der Waals surface area contributed by atoms with E-state index in [0.29, 0.717) is 13.0 Å². The molecule has 17 heavy (non-hydrogen) atoms. The summed E-state index contributed by atoms with van der Waals surface area (Å²) >= 11 is 0. The first kappa shape index (κ1) is 13.9. The highest BCUT2D eigenvalue weighted by molar-refractivity contribution is 6.01. The third-order valence-corrected chi connectivity index (χ3v) is 2.50. The monoisotopic (exact) mass is 246 g/mol. The highest BCUT2D eigenvalue weighted by Crippen LogP contribution is 2.16. The Morgan fingerprint density at radius 2 is 2.35 bits per heavy atom. The first-order chi connectivity index (χ1) is 7.98. The predicted molar refractivity (Wildman–Crippen MR) is 58.0 cm³/mol. The van der Waals surface area contributed by atoms with E-state index in [1.165, 1.54) is 0 Å². The Kier molecular flexibility index (Phi) is 4.86. The Hall–Kier alpha value is -1.18. The molecule has 0 aromatic carbocycles. The van der Waals surface area contributed by atoms with E-state index in [9.17, 15) is 14.7 Å². The van der Waals surface area contributed by atoms with Gasteiger partial charge in [-0.3, -0.25) is 4.79 Å². The number of aliphatic hydroxyl groups is 1.